The molecule has 1 saturated heterocycles. The molecule has 2 rings (SSSR count). The molecule has 17 heavy (non-hydrogen) atoms. The lowest BCUT2D eigenvalue weighted by molar-refractivity contribution is -0.0150. The Balaban J connectivity index is 2.12. The van der Waals surface area contributed by atoms with Crippen LogP contribution in [0.5, 0.6) is 0 Å². The third-order valence-electron chi connectivity index (χ3n) is 3.47. The summed E-state index contributed by atoms with van der Waals surface area (Å²) in [6.07, 6.45) is 2.15. The zero-order valence-corrected chi connectivity index (χ0v) is 11.4. The molecule has 0 amide bonds. The summed E-state index contributed by atoms with van der Waals surface area (Å²) in [6, 6.07) is 5.58. The van der Waals surface area contributed by atoms with Crippen molar-refractivity contribution < 1.29 is 5.11 Å². The molecule has 1 aromatic rings. The smallest absolute Gasteiger partial charge is 0.0712 e. The molecule has 1 aliphatic heterocycles. The van der Waals surface area contributed by atoms with Gasteiger partial charge in [0.05, 0.1) is 15.6 Å². The van der Waals surface area contributed by atoms with Gasteiger partial charge in [-0.3, -0.25) is 0 Å². The maximum atomic E-state index is 10.5. The van der Waals surface area contributed by atoms with Crippen LogP contribution in [0.15, 0.2) is 18.2 Å². The molecule has 2 nitrogen and oxygen atoms in total. The van der Waals surface area contributed by atoms with Crippen LogP contribution < -0.4 is 0 Å². The van der Waals surface area contributed by atoms with Gasteiger partial charge in [-0.15, -0.1) is 0 Å². The van der Waals surface area contributed by atoms with Gasteiger partial charge in [0, 0.05) is 19.5 Å². The average Bonchev–Trinajstić information content (AvgIpc) is 2.30. The standard InChI is InChI=1S/C13H17Cl2NO/c1-16-7-5-13(17,6-8-16)9-10-3-2-4-11(14)12(10)15/h2-4,17H,5-9H2,1H3. The van der Waals surface area contributed by atoms with Crippen LogP contribution in [0.1, 0.15) is 18.4 Å². The number of nitrogens with zero attached hydrogens (tertiary/aromatic N) is 1. The lowest BCUT2D eigenvalue weighted by atomic mass is 9.85. The molecule has 0 unspecified atom stereocenters. The quantitative estimate of drug-likeness (QED) is 0.896. The first-order chi connectivity index (χ1) is 8.00. The molecule has 0 aliphatic carbocycles. The Bertz CT molecular complexity index is 400. The molecular formula is C13H17Cl2NO. The molecular weight excluding hydrogens is 257 g/mol. The molecule has 1 heterocycles. The SMILES string of the molecule is CN1CCC(O)(Cc2cccc(Cl)c2Cl)CC1. The van der Waals surface area contributed by atoms with E-state index in [0.717, 1.165) is 31.5 Å². The predicted octanol–water partition coefficient (Wildman–Crippen LogP) is 2.99. The van der Waals surface area contributed by atoms with E-state index in [1.54, 1.807) is 6.07 Å². The number of rotatable bonds is 2. The minimum Gasteiger partial charge on any atom is -0.389 e. The van der Waals surface area contributed by atoms with E-state index < -0.39 is 5.60 Å². The summed E-state index contributed by atoms with van der Waals surface area (Å²) >= 11 is 12.1. The molecule has 4 heteroatoms. The number of likely N-dealkylation sites (tertiary alicyclic amines) is 1. The van der Waals surface area contributed by atoms with Gasteiger partial charge in [-0.25, -0.2) is 0 Å². The summed E-state index contributed by atoms with van der Waals surface area (Å²) in [5.41, 5.74) is 0.298. The number of halogens is 2. The first-order valence-electron chi connectivity index (χ1n) is 5.84. The highest BCUT2D eigenvalue weighted by atomic mass is 35.5. The van der Waals surface area contributed by atoms with Crippen molar-refractivity contribution in [1.82, 2.24) is 4.90 Å². The first-order valence-corrected chi connectivity index (χ1v) is 6.60. The Morgan fingerprint density at radius 3 is 2.59 bits per heavy atom. The van der Waals surface area contributed by atoms with Crippen molar-refractivity contribution in [3.05, 3.63) is 33.8 Å². The largest absolute Gasteiger partial charge is 0.389 e. The fourth-order valence-electron chi connectivity index (χ4n) is 2.25. The van der Waals surface area contributed by atoms with Gasteiger partial charge >= 0.3 is 0 Å². The third-order valence-corrected chi connectivity index (χ3v) is 4.33. The van der Waals surface area contributed by atoms with Crippen LogP contribution in [0.2, 0.25) is 10.0 Å². The first kappa shape index (κ1) is 13.2. The predicted molar refractivity (Wildman–Crippen MR) is 71.8 cm³/mol. The monoisotopic (exact) mass is 273 g/mol. The highest BCUT2D eigenvalue weighted by molar-refractivity contribution is 6.42. The van der Waals surface area contributed by atoms with E-state index in [1.165, 1.54) is 0 Å². The van der Waals surface area contributed by atoms with Crippen LogP contribution in [0.3, 0.4) is 0 Å². The van der Waals surface area contributed by atoms with E-state index in [2.05, 4.69) is 11.9 Å². The lowest BCUT2D eigenvalue weighted by Crippen LogP contribution is -2.44. The molecule has 1 aromatic carbocycles. The summed E-state index contributed by atoms with van der Waals surface area (Å²) in [4.78, 5) is 2.23. The Labute approximate surface area is 112 Å². The number of piperidine rings is 1. The van der Waals surface area contributed by atoms with Gasteiger partial charge in [0.1, 0.15) is 0 Å². The minimum atomic E-state index is -0.638. The van der Waals surface area contributed by atoms with Crippen LogP contribution in [-0.4, -0.2) is 35.7 Å². The molecule has 0 aromatic heterocycles. The van der Waals surface area contributed by atoms with Gasteiger partial charge in [0.15, 0.2) is 0 Å². The lowest BCUT2D eigenvalue weighted by Gasteiger charge is -2.36. The maximum Gasteiger partial charge on any atom is 0.0712 e. The Kier molecular flexibility index (Phi) is 3.99. The summed E-state index contributed by atoms with van der Waals surface area (Å²) in [5.74, 6) is 0. The van der Waals surface area contributed by atoms with Crippen LogP contribution in [0, 0.1) is 0 Å². The molecule has 1 fully saturated rings. The average molecular weight is 274 g/mol. The van der Waals surface area contributed by atoms with Crippen LogP contribution >= 0.6 is 23.2 Å². The van der Waals surface area contributed by atoms with Crippen molar-refractivity contribution >= 4 is 23.2 Å². The number of benzene rings is 1. The van der Waals surface area contributed by atoms with Gasteiger partial charge in [0.25, 0.3) is 0 Å². The van der Waals surface area contributed by atoms with Crippen molar-refractivity contribution in [2.75, 3.05) is 20.1 Å². The van der Waals surface area contributed by atoms with Gasteiger partial charge in [0.2, 0.25) is 0 Å². The van der Waals surface area contributed by atoms with Crippen molar-refractivity contribution in [3.8, 4) is 0 Å². The molecule has 0 spiro atoms. The van der Waals surface area contributed by atoms with Gasteiger partial charge in [-0.2, -0.15) is 0 Å². The second-order valence-electron chi connectivity index (χ2n) is 4.92. The van der Waals surface area contributed by atoms with E-state index in [-0.39, 0.29) is 0 Å². The molecule has 1 aliphatic rings. The van der Waals surface area contributed by atoms with Crippen LogP contribution in [-0.2, 0) is 6.42 Å². The summed E-state index contributed by atoms with van der Waals surface area (Å²) in [7, 11) is 2.08. The van der Waals surface area contributed by atoms with Crippen molar-refractivity contribution in [2.24, 2.45) is 0 Å². The summed E-state index contributed by atoms with van der Waals surface area (Å²) in [5, 5.41) is 11.7. The fraction of sp³-hybridized carbons (Fsp3) is 0.538. The maximum absolute atomic E-state index is 10.5. The zero-order valence-electron chi connectivity index (χ0n) is 9.92. The van der Waals surface area contributed by atoms with E-state index in [0.29, 0.717) is 16.5 Å². The molecule has 94 valence electrons. The van der Waals surface area contributed by atoms with E-state index in [9.17, 15) is 5.11 Å². The van der Waals surface area contributed by atoms with Crippen molar-refractivity contribution in [1.29, 1.82) is 0 Å². The molecule has 0 bridgehead atoms. The Hall–Kier alpha value is -0.280. The third kappa shape index (κ3) is 3.14. The number of hydrogen-bond acceptors (Lipinski definition) is 2. The second-order valence-corrected chi connectivity index (χ2v) is 5.70. The van der Waals surface area contributed by atoms with Gasteiger partial charge in [-0.05, 0) is 31.5 Å². The fourth-order valence-corrected chi connectivity index (χ4v) is 2.64. The molecule has 0 radical (unpaired) electrons. The number of hydrogen-bond donors (Lipinski definition) is 1. The Morgan fingerprint density at radius 2 is 1.94 bits per heavy atom. The normalized spacial score (nSPS) is 20.5. The van der Waals surface area contributed by atoms with Gasteiger partial charge < -0.3 is 10.0 Å². The van der Waals surface area contributed by atoms with Crippen molar-refractivity contribution in [3.63, 3.8) is 0 Å². The highest BCUT2D eigenvalue weighted by Gasteiger charge is 2.31. The van der Waals surface area contributed by atoms with Gasteiger partial charge in [-0.1, -0.05) is 35.3 Å². The van der Waals surface area contributed by atoms with Crippen LogP contribution in [0.4, 0.5) is 0 Å². The minimum absolute atomic E-state index is 0.556. The number of aliphatic hydroxyl groups is 1. The summed E-state index contributed by atoms with van der Waals surface area (Å²) in [6.45, 7) is 1.85. The highest BCUT2D eigenvalue weighted by Crippen LogP contribution is 2.32. The van der Waals surface area contributed by atoms with Crippen molar-refractivity contribution in [2.45, 2.75) is 24.9 Å². The van der Waals surface area contributed by atoms with Crippen LogP contribution in [0.25, 0.3) is 0 Å². The van der Waals surface area contributed by atoms with E-state index in [1.807, 2.05) is 12.1 Å². The molecule has 1 N–H and O–H groups in total. The summed E-state index contributed by atoms with van der Waals surface area (Å²) < 4.78 is 0. The zero-order chi connectivity index (χ0) is 12.5. The van der Waals surface area contributed by atoms with E-state index >= 15 is 0 Å². The topological polar surface area (TPSA) is 23.5 Å². The second kappa shape index (κ2) is 5.15. The van der Waals surface area contributed by atoms with E-state index in [4.69, 9.17) is 23.2 Å². The Morgan fingerprint density at radius 1 is 1.29 bits per heavy atom. The molecule has 0 saturated carbocycles. The molecule has 0 atom stereocenters.